The first-order chi connectivity index (χ1) is 12.8. The van der Waals surface area contributed by atoms with Crippen LogP contribution in [0.2, 0.25) is 0 Å². The predicted octanol–water partition coefficient (Wildman–Crippen LogP) is 12.8. The zero-order valence-corrected chi connectivity index (χ0v) is 23.1. The Morgan fingerprint density at radius 1 is 0.290 bits per heavy atom. The highest BCUT2D eigenvalue weighted by atomic mass is 14.7. The fourth-order valence-corrected chi connectivity index (χ4v) is 6.13. The number of hydrogen-bond donors (Lipinski definition) is 0. The summed E-state index contributed by atoms with van der Waals surface area (Å²) in [6.07, 6.45) is 0. The first kappa shape index (κ1) is 52.7. The number of hydrogen-bond acceptors (Lipinski definition) is 0. The second-order valence-corrected chi connectivity index (χ2v) is 7.59. The van der Waals surface area contributed by atoms with Crippen LogP contribution in [0.5, 0.6) is 0 Å². The van der Waals surface area contributed by atoms with E-state index in [0.29, 0.717) is 5.41 Å². The molecule has 0 amide bonds. The summed E-state index contributed by atoms with van der Waals surface area (Å²) in [4.78, 5) is 0. The zero-order chi connectivity index (χ0) is 23.1. The second-order valence-electron chi connectivity index (χ2n) is 7.59. The van der Waals surface area contributed by atoms with Crippen LogP contribution in [0.15, 0.2) is 0 Å². The van der Waals surface area contributed by atoms with Crippen molar-refractivity contribution in [1.29, 1.82) is 0 Å². The van der Waals surface area contributed by atoms with Crippen LogP contribution in [0.3, 0.4) is 0 Å². The Hall–Kier alpha value is 0. The molecule has 0 saturated heterocycles. The van der Waals surface area contributed by atoms with E-state index in [1.807, 2.05) is 69.2 Å². The lowest BCUT2D eigenvalue weighted by atomic mass is 9.60. The second kappa shape index (κ2) is 28.0. The van der Waals surface area contributed by atoms with Crippen LogP contribution in [0, 0.1) is 52.8 Å². The highest BCUT2D eigenvalue weighted by Gasteiger charge is 2.63. The molecule has 8 atom stereocenters. The van der Waals surface area contributed by atoms with Gasteiger partial charge in [0.05, 0.1) is 0 Å². The monoisotopic (exact) mass is 451 g/mol. The van der Waals surface area contributed by atoms with Gasteiger partial charge in [0.1, 0.15) is 0 Å². The molecule has 31 heavy (non-hydrogen) atoms. The first-order valence-electron chi connectivity index (χ1n) is 12.8. The Kier molecular flexibility index (Phi) is 47.7. The molecule has 2 fully saturated rings. The lowest BCUT2D eigenvalue weighted by molar-refractivity contribution is 0.0317. The van der Waals surface area contributed by atoms with Crippen molar-refractivity contribution < 1.29 is 0 Å². The summed E-state index contributed by atoms with van der Waals surface area (Å²) in [5, 5.41) is 0. The summed E-state index contributed by atoms with van der Waals surface area (Å²) in [6.45, 7) is 40.2. The SMILES string of the molecule is C.C.C.C.CC.CC.CC.CC.CC.C[C@@H]1[C@H](C)[C@H](C)C2([C@@H]1C)[C@H](C)[C@H](C)[C@H](C)[C@@H]2C. The molecule has 0 aromatic heterocycles. The van der Waals surface area contributed by atoms with E-state index in [-0.39, 0.29) is 29.7 Å². The van der Waals surface area contributed by atoms with E-state index in [9.17, 15) is 0 Å². The third-order valence-corrected chi connectivity index (χ3v) is 7.97. The van der Waals surface area contributed by atoms with Crippen LogP contribution < -0.4 is 0 Å². The lowest BCUT2D eigenvalue weighted by Crippen LogP contribution is -2.39. The Morgan fingerprint density at radius 2 is 0.387 bits per heavy atom. The van der Waals surface area contributed by atoms with Crippen LogP contribution in [0.4, 0.5) is 0 Å². The summed E-state index contributed by atoms with van der Waals surface area (Å²) in [7, 11) is 0. The smallest absolute Gasteiger partial charge is 0.0184 e. The van der Waals surface area contributed by atoms with E-state index in [2.05, 4.69) is 55.4 Å². The van der Waals surface area contributed by atoms with Crippen molar-refractivity contribution >= 4 is 0 Å². The Morgan fingerprint density at radius 3 is 0.484 bits per heavy atom. The molecule has 0 nitrogen and oxygen atoms in total. The van der Waals surface area contributed by atoms with Crippen molar-refractivity contribution in [3.63, 3.8) is 0 Å². The van der Waals surface area contributed by atoms with Gasteiger partial charge in [0.2, 0.25) is 0 Å². The third-order valence-electron chi connectivity index (χ3n) is 7.97. The van der Waals surface area contributed by atoms with Crippen LogP contribution in [-0.2, 0) is 0 Å². The van der Waals surface area contributed by atoms with Gasteiger partial charge in [-0.1, -0.05) is 154 Å². The lowest BCUT2D eigenvalue weighted by Gasteiger charge is -2.44. The van der Waals surface area contributed by atoms with Gasteiger partial charge in [-0.15, -0.1) is 0 Å². The van der Waals surface area contributed by atoms with Crippen LogP contribution in [0.1, 0.15) is 154 Å². The summed E-state index contributed by atoms with van der Waals surface area (Å²) < 4.78 is 0. The molecule has 2 aliphatic carbocycles. The van der Waals surface area contributed by atoms with Crippen molar-refractivity contribution in [2.75, 3.05) is 0 Å². The molecule has 0 N–H and O–H groups in total. The average Bonchev–Trinajstić information content (AvgIpc) is 3.04. The molecule has 2 aliphatic rings. The minimum absolute atomic E-state index is 0. The van der Waals surface area contributed by atoms with Crippen LogP contribution in [-0.4, -0.2) is 0 Å². The number of rotatable bonds is 0. The molecule has 2 saturated carbocycles. The van der Waals surface area contributed by atoms with Gasteiger partial charge in [-0.05, 0) is 52.8 Å². The molecular formula is C31H78. The third kappa shape index (κ3) is 10.2. The van der Waals surface area contributed by atoms with Gasteiger partial charge in [-0.25, -0.2) is 0 Å². The summed E-state index contributed by atoms with van der Waals surface area (Å²) in [5.74, 6) is 7.16. The van der Waals surface area contributed by atoms with Crippen LogP contribution >= 0.6 is 0 Å². The maximum Gasteiger partial charge on any atom is -0.0184 e. The molecule has 0 bridgehead atoms. The van der Waals surface area contributed by atoms with E-state index in [1.165, 1.54) is 0 Å². The molecule has 0 unspecified atom stereocenters. The quantitative estimate of drug-likeness (QED) is 0.344. The van der Waals surface area contributed by atoms with Crippen molar-refractivity contribution in [2.45, 2.75) is 154 Å². The van der Waals surface area contributed by atoms with Gasteiger partial charge in [0.25, 0.3) is 0 Å². The summed E-state index contributed by atoms with van der Waals surface area (Å²) in [5.41, 5.74) is 0.609. The van der Waals surface area contributed by atoms with Crippen molar-refractivity contribution in [3.05, 3.63) is 0 Å². The van der Waals surface area contributed by atoms with Gasteiger partial charge in [0, 0.05) is 0 Å². The average molecular weight is 451 g/mol. The molecule has 0 radical (unpaired) electrons. The summed E-state index contributed by atoms with van der Waals surface area (Å²) in [6, 6.07) is 0. The minimum Gasteiger partial charge on any atom is -0.0776 e. The van der Waals surface area contributed by atoms with Gasteiger partial charge < -0.3 is 0 Å². The standard InChI is InChI=1S/C17H32.5C2H6.4CH4/c1-9-10(2)14(6)17(13(9)5)15(7)11(3)12(4)16(17)8;5*1-2;;;;/h9-16H,1-8H3;5*1-2H3;4*1H4/t9-,10+,11-,12+,13-,14+,15-,16+,17?;;;;;;;;;. The van der Waals surface area contributed by atoms with E-state index in [4.69, 9.17) is 0 Å². The van der Waals surface area contributed by atoms with E-state index < -0.39 is 0 Å². The van der Waals surface area contributed by atoms with Gasteiger partial charge >= 0.3 is 0 Å². The van der Waals surface area contributed by atoms with Crippen molar-refractivity contribution in [2.24, 2.45) is 52.8 Å². The largest absolute Gasteiger partial charge is 0.0776 e. The fraction of sp³-hybridized carbons (Fsp3) is 1.00. The molecular weight excluding hydrogens is 372 g/mol. The van der Waals surface area contributed by atoms with E-state index in [0.717, 1.165) is 47.3 Å². The summed E-state index contributed by atoms with van der Waals surface area (Å²) >= 11 is 0. The maximum atomic E-state index is 2.54. The molecule has 202 valence electrons. The first-order valence-corrected chi connectivity index (χ1v) is 12.8. The molecule has 0 heterocycles. The normalized spacial score (nSPS) is 32.7. The van der Waals surface area contributed by atoms with Crippen molar-refractivity contribution in [3.8, 4) is 0 Å². The predicted molar refractivity (Wildman–Crippen MR) is 159 cm³/mol. The highest BCUT2D eigenvalue weighted by Crippen LogP contribution is 2.68. The van der Waals surface area contributed by atoms with Gasteiger partial charge in [-0.2, -0.15) is 0 Å². The molecule has 0 aliphatic heterocycles. The Bertz CT molecular complexity index is 231. The topological polar surface area (TPSA) is 0 Å². The molecule has 0 heteroatoms. The molecule has 1 spiro atoms. The van der Waals surface area contributed by atoms with E-state index in [1.54, 1.807) is 0 Å². The molecule has 2 rings (SSSR count). The van der Waals surface area contributed by atoms with Crippen LogP contribution in [0.25, 0.3) is 0 Å². The minimum atomic E-state index is 0. The Balaban J connectivity index is -0.0000000559. The van der Waals surface area contributed by atoms with Gasteiger partial charge in [-0.3, -0.25) is 0 Å². The molecule has 0 aromatic carbocycles. The fourth-order valence-electron chi connectivity index (χ4n) is 6.13. The Labute approximate surface area is 207 Å². The zero-order valence-electron chi connectivity index (χ0n) is 23.1. The maximum absolute atomic E-state index is 2.54. The van der Waals surface area contributed by atoms with Crippen molar-refractivity contribution in [1.82, 2.24) is 0 Å². The van der Waals surface area contributed by atoms with E-state index >= 15 is 0 Å². The molecule has 0 aromatic rings. The highest BCUT2D eigenvalue weighted by molar-refractivity contribution is 5.11. The van der Waals surface area contributed by atoms with Gasteiger partial charge in [0.15, 0.2) is 0 Å².